The highest BCUT2D eigenvalue weighted by molar-refractivity contribution is 6.14. The predicted octanol–water partition coefficient (Wildman–Crippen LogP) is 14.5. The topological polar surface area (TPSA) is 115 Å². The van der Waals surface area contributed by atoms with Crippen LogP contribution in [0.5, 0.6) is 0 Å². The van der Waals surface area contributed by atoms with E-state index in [-0.39, 0.29) is 5.41 Å². The van der Waals surface area contributed by atoms with Crippen LogP contribution in [0.1, 0.15) is 76.6 Å². The first-order chi connectivity index (χ1) is 35.4. The lowest BCUT2D eigenvalue weighted by molar-refractivity contribution is 0.346. The summed E-state index contributed by atoms with van der Waals surface area (Å²) in [7, 11) is 0. The molecule has 1 saturated carbocycles. The van der Waals surface area contributed by atoms with Gasteiger partial charge in [0.1, 0.15) is 0 Å². The first-order valence-electron chi connectivity index (χ1n) is 25.1. The number of hydrogen-bond acceptors (Lipinski definition) is 6. The fourth-order valence-corrected chi connectivity index (χ4v) is 9.93. The molecule has 0 bridgehead atoms. The van der Waals surface area contributed by atoms with Crippen LogP contribution in [0, 0.1) is 0 Å². The van der Waals surface area contributed by atoms with E-state index in [1.165, 1.54) is 109 Å². The van der Waals surface area contributed by atoms with Gasteiger partial charge in [-0.05, 0) is 121 Å². The quantitative estimate of drug-likeness (QED) is 0.112. The number of rotatable bonds is 11. The van der Waals surface area contributed by atoms with E-state index < -0.39 is 0 Å². The van der Waals surface area contributed by atoms with E-state index in [4.69, 9.17) is 22.2 Å². The Balaban J connectivity index is 0.000000197. The molecule has 0 heterocycles. The molecule has 6 N–H and O–H groups in total. The van der Waals surface area contributed by atoms with Crippen LogP contribution in [0.4, 0.5) is 0 Å². The van der Waals surface area contributed by atoms with Gasteiger partial charge in [0.2, 0.25) is 0 Å². The van der Waals surface area contributed by atoms with E-state index in [2.05, 4.69) is 242 Å². The first kappa shape index (κ1) is 50.5. The monoisotopic (exact) mass is 943 g/mol. The summed E-state index contributed by atoms with van der Waals surface area (Å²) in [4.78, 5) is 11.8. The van der Waals surface area contributed by atoms with Gasteiger partial charge in [-0.3, -0.25) is 15.0 Å². The molecule has 0 amide bonds. The number of nitrogens with zero attached hydrogens (tertiary/aromatic N) is 3. The molecule has 72 heavy (non-hydrogen) atoms. The summed E-state index contributed by atoms with van der Waals surface area (Å²) in [6.45, 7) is 8.09. The number of benzene rings is 10. The van der Waals surface area contributed by atoms with Crippen molar-refractivity contribution in [1.82, 2.24) is 0 Å². The van der Waals surface area contributed by atoms with Crippen molar-refractivity contribution in [3.63, 3.8) is 0 Å². The lowest BCUT2D eigenvalue weighted by Crippen LogP contribution is -2.30. The highest BCUT2D eigenvalue weighted by Crippen LogP contribution is 2.45. The smallest absolute Gasteiger partial charge is 0.0852 e. The molecule has 6 nitrogen and oxygen atoms in total. The van der Waals surface area contributed by atoms with Crippen LogP contribution < -0.4 is 17.2 Å². The van der Waals surface area contributed by atoms with Crippen LogP contribution in [0.25, 0.3) is 43.1 Å². The third kappa shape index (κ3) is 12.7. The Morgan fingerprint density at radius 1 is 0.389 bits per heavy atom. The van der Waals surface area contributed by atoms with Gasteiger partial charge in [0.15, 0.2) is 0 Å². The molecule has 10 aromatic rings. The number of aliphatic imine (C=N–C) groups is 3. The predicted molar refractivity (Wildman–Crippen MR) is 310 cm³/mol. The van der Waals surface area contributed by atoms with Gasteiger partial charge in [-0.25, -0.2) is 0 Å². The zero-order chi connectivity index (χ0) is 50.0. The molecule has 1 fully saturated rings. The normalized spacial score (nSPS) is 13.0. The second-order valence-electron chi connectivity index (χ2n) is 18.4. The van der Waals surface area contributed by atoms with Crippen LogP contribution in [-0.4, -0.2) is 32.5 Å². The Kier molecular flexibility index (Phi) is 17.8. The lowest BCUT2D eigenvalue weighted by atomic mass is 9.65. The summed E-state index contributed by atoms with van der Waals surface area (Å²) in [6, 6.07) is 79.4. The Labute approximate surface area is 425 Å². The Morgan fingerprint density at radius 3 is 1.19 bits per heavy atom. The van der Waals surface area contributed by atoms with E-state index in [9.17, 15) is 0 Å². The van der Waals surface area contributed by atoms with Crippen molar-refractivity contribution in [2.24, 2.45) is 32.2 Å². The summed E-state index contributed by atoms with van der Waals surface area (Å²) in [6.07, 6.45) is 7.18. The SMILES string of the molecule is C=NCN.C=NCN.NCc1ccc(C2(c3ccc(C(=NCc4ccc5ccccc5c4)c4ccc5ccccc5c4)cc3)CCCCC2)cc1.c1ccc2cc(Cc3ccc4ccccc4c3)ccc2c1. The minimum atomic E-state index is 0.0509. The molecule has 10 aromatic carbocycles. The van der Waals surface area contributed by atoms with Crippen molar-refractivity contribution in [2.75, 3.05) is 13.3 Å². The van der Waals surface area contributed by atoms with Gasteiger partial charge in [-0.15, -0.1) is 0 Å². The third-order valence-corrected chi connectivity index (χ3v) is 13.7. The van der Waals surface area contributed by atoms with Crippen molar-refractivity contribution in [1.29, 1.82) is 0 Å². The van der Waals surface area contributed by atoms with E-state index in [0.717, 1.165) is 23.3 Å². The van der Waals surface area contributed by atoms with Gasteiger partial charge in [0, 0.05) is 23.1 Å². The van der Waals surface area contributed by atoms with E-state index in [1.807, 2.05) is 0 Å². The van der Waals surface area contributed by atoms with Crippen LogP contribution in [0.2, 0.25) is 0 Å². The molecule has 1 aliphatic rings. The summed E-state index contributed by atoms with van der Waals surface area (Å²) in [5.74, 6) is 0. The Hall–Kier alpha value is -7.87. The number of nitrogens with two attached hydrogens (primary N) is 3. The van der Waals surface area contributed by atoms with Gasteiger partial charge in [0.05, 0.1) is 25.6 Å². The van der Waals surface area contributed by atoms with E-state index >= 15 is 0 Å². The van der Waals surface area contributed by atoms with Crippen LogP contribution in [-0.2, 0) is 24.9 Å². The maximum Gasteiger partial charge on any atom is 0.0852 e. The molecule has 0 aliphatic heterocycles. The van der Waals surface area contributed by atoms with E-state index in [0.29, 0.717) is 26.4 Å². The number of hydrogen-bond donors (Lipinski definition) is 3. The zero-order valence-electron chi connectivity index (χ0n) is 41.3. The molecule has 0 radical (unpaired) electrons. The molecule has 0 spiro atoms. The van der Waals surface area contributed by atoms with Crippen molar-refractivity contribution < 1.29 is 0 Å². The summed E-state index contributed by atoms with van der Waals surface area (Å²) in [5.41, 5.74) is 26.9. The van der Waals surface area contributed by atoms with Gasteiger partial charge >= 0.3 is 0 Å². The first-order valence-corrected chi connectivity index (χ1v) is 25.1. The molecular formula is C66H66N6. The van der Waals surface area contributed by atoms with Crippen molar-refractivity contribution >= 4 is 62.2 Å². The fourth-order valence-electron chi connectivity index (χ4n) is 9.93. The maximum absolute atomic E-state index is 5.92. The second-order valence-corrected chi connectivity index (χ2v) is 18.4. The van der Waals surface area contributed by atoms with Crippen molar-refractivity contribution in [3.05, 3.63) is 263 Å². The minimum Gasteiger partial charge on any atom is -0.326 e. The molecule has 0 atom stereocenters. The van der Waals surface area contributed by atoms with Gasteiger partial charge in [0.25, 0.3) is 0 Å². The molecule has 1 aliphatic carbocycles. The van der Waals surface area contributed by atoms with Crippen molar-refractivity contribution in [3.8, 4) is 0 Å². The summed E-state index contributed by atoms with van der Waals surface area (Å²) >= 11 is 0. The molecule has 11 rings (SSSR count). The van der Waals surface area contributed by atoms with Crippen LogP contribution in [0.3, 0.4) is 0 Å². The lowest BCUT2D eigenvalue weighted by Gasteiger charge is -2.39. The highest BCUT2D eigenvalue weighted by Gasteiger charge is 2.35. The van der Waals surface area contributed by atoms with Crippen LogP contribution >= 0.6 is 0 Å². The summed E-state index contributed by atoms with van der Waals surface area (Å²) in [5, 5.41) is 10.2. The molecule has 360 valence electrons. The van der Waals surface area contributed by atoms with Crippen molar-refractivity contribution in [2.45, 2.75) is 57.0 Å². The second kappa shape index (κ2) is 25.3. The van der Waals surface area contributed by atoms with Gasteiger partial charge in [-0.1, -0.05) is 226 Å². The molecule has 0 aromatic heterocycles. The Morgan fingerprint density at radius 2 is 0.750 bits per heavy atom. The molecule has 0 saturated heterocycles. The average Bonchev–Trinajstić information content (AvgIpc) is 3.45. The van der Waals surface area contributed by atoms with Gasteiger partial charge in [-0.2, -0.15) is 0 Å². The van der Waals surface area contributed by atoms with Gasteiger partial charge < -0.3 is 17.2 Å². The number of fused-ring (bicyclic) bond motifs is 4. The zero-order valence-corrected chi connectivity index (χ0v) is 41.3. The average molecular weight is 943 g/mol. The summed E-state index contributed by atoms with van der Waals surface area (Å²) < 4.78 is 0. The van der Waals surface area contributed by atoms with E-state index in [1.54, 1.807) is 0 Å². The molecule has 6 heteroatoms. The fraction of sp³-hybridized carbons (Fsp3) is 0.167. The van der Waals surface area contributed by atoms with Crippen LogP contribution in [0.15, 0.2) is 233 Å². The highest BCUT2D eigenvalue weighted by atomic mass is 14.8. The molecular weight excluding hydrogens is 877 g/mol. The Bertz CT molecular complexity index is 3300. The maximum atomic E-state index is 5.92. The third-order valence-electron chi connectivity index (χ3n) is 13.7. The minimum absolute atomic E-state index is 0.0509. The molecule has 0 unspecified atom stereocenters. The standard InChI is InChI=1S/C41H38N2.C21H16.2C2H6N2/c42-28-30-13-20-38(21-14-30)41(24-6-1-7-25-41)39-22-18-34(19-23-39)40(37-17-16-33-9-3-5-11-36(33)27-37)43-29-31-12-15-32-8-2-4-10-35(32)26-31;1-3-7-20-14-16(9-11-18(20)5-1)13-17-10-12-19-6-2-4-8-21(19)15-17;2*1-4-2-3/h2-5,8-23,26-27H,1,6-7,24-25,28-29,42H2;1-12,14-15H,13H2;2*1-3H2. The largest absolute Gasteiger partial charge is 0.326 e.